The van der Waals surface area contributed by atoms with Gasteiger partial charge in [0.05, 0.1) is 6.61 Å². The predicted molar refractivity (Wildman–Crippen MR) is 63.8 cm³/mol. The quantitative estimate of drug-likeness (QED) is 0.857. The standard InChI is InChI=1S/C12H15NO5/c1-12(2)17-9-4-3-8(7-10(9)18-12)13-11(15)16-6-5-14/h3-4,7,14H,5-6H2,1-2H3,(H,13,15). The number of benzene rings is 1. The van der Waals surface area contributed by atoms with Gasteiger partial charge in [0.2, 0.25) is 5.79 Å². The first-order valence-electron chi connectivity index (χ1n) is 5.57. The number of carbonyl (C=O) groups is 1. The van der Waals surface area contributed by atoms with E-state index in [1.807, 2.05) is 0 Å². The number of carbonyl (C=O) groups excluding carboxylic acids is 1. The van der Waals surface area contributed by atoms with E-state index in [0.29, 0.717) is 17.2 Å². The number of nitrogens with one attached hydrogen (secondary N) is 1. The first-order chi connectivity index (χ1) is 8.50. The maximum absolute atomic E-state index is 11.3. The van der Waals surface area contributed by atoms with Crippen molar-refractivity contribution in [3.05, 3.63) is 18.2 Å². The molecule has 1 aliphatic rings. The monoisotopic (exact) mass is 253 g/mol. The number of aliphatic hydroxyl groups excluding tert-OH is 1. The topological polar surface area (TPSA) is 77.0 Å². The summed E-state index contributed by atoms with van der Waals surface area (Å²) in [4.78, 5) is 11.3. The summed E-state index contributed by atoms with van der Waals surface area (Å²) < 4.78 is 15.7. The van der Waals surface area contributed by atoms with Crippen LogP contribution in [-0.2, 0) is 4.74 Å². The maximum atomic E-state index is 11.3. The summed E-state index contributed by atoms with van der Waals surface area (Å²) in [5.74, 6) is 0.507. The van der Waals surface area contributed by atoms with Crippen molar-refractivity contribution in [2.75, 3.05) is 18.5 Å². The fourth-order valence-corrected chi connectivity index (χ4v) is 1.59. The molecule has 0 spiro atoms. The van der Waals surface area contributed by atoms with E-state index in [9.17, 15) is 4.79 Å². The molecule has 0 atom stereocenters. The lowest BCUT2D eigenvalue weighted by atomic mass is 10.3. The number of aliphatic hydroxyl groups is 1. The highest BCUT2D eigenvalue weighted by atomic mass is 16.7. The van der Waals surface area contributed by atoms with Crippen LogP contribution in [0.2, 0.25) is 0 Å². The van der Waals surface area contributed by atoms with Gasteiger partial charge in [-0.05, 0) is 12.1 Å². The van der Waals surface area contributed by atoms with Crippen LogP contribution in [0.5, 0.6) is 11.5 Å². The molecular weight excluding hydrogens is 238 g/mol. The number of rotatable bonds is 3. The molecule has 0 radical (unpaired) electrons. The van der Waals surface area contributed by atoms with Gasteiger partial charge in [0.1, 0.15) is 6.61 Å². The van der Waals surface area contributed by atoms with Gasteiger partial charge in [-0.3, -0.25) is 5.32 Å². The van der Waals surface area contributed by atoms with Gasteiger partial charge in [-0.1, -0.05) is 0 Å². The van der Waals surface area contributed by atoms with Crippen molar-refractivity contribution in [2.24, 2.45) is 0 Å². The fourth-order valence-electron chi connectivity index (χ4n) is 1.59. The number of fused-ring (bicyclic) bond motifs is 1. The molecule has 18 heavy (non-hydrogen) atoms. The van der Waals surface area contributed by atoms with Gasteiger partial charge in [-0.2, -0.15) is 0 Å². The van der Waals surface area contributed by atoms with E-state index >= 15 is 0 Å². The van der Waals surface area contributed by atoms with Crippen molar-refractivity contribution in [2.45, 2.75) is 19.6 Å². The van der Waals surface area contributed by atoms with Crippen molar-refractivity contribution >= 4 is 11.8 Å². The summed E-state index contributed by atoms with van der Waals surface area (Å²) in [7, 11) is 0. The van der Waals surface area contributed by atoms with Gasteiger partial charge in [0, 0.05) is 25.6 Å². The van der Waals surface area contributed by atoms with Gasteiger partial charge in [-0.15, -0.1) is 0 Å². The molecule has 2 rings (SSSR count). The Labute approximate surface area is 104 Å². The fraction of sp³-hybridized carbons (Fsp3) is 0.417. The molecule has 1 amide bonds. The smallest absolute Gasteiger partial charge is 0.411 e. The number of hydrogen-bond acceptors (Lipinski definition) is 5. The molecule has 0 saturated carbocycles. The lowest BCUT2D eigenvalue weighted by molar-refractivity contribution is -0.0431. The number of amides is 1. The highest BCUT2D eigenvalue weighted by Crippen LogP contribution is 2.40. The van der Waals surface area contributed by atoms with Gasteiger partial charge < -0.3 is 19.3 Å². The van der Waals surface area contributed by atoms with Crippen molar-refractivity contribution in [3.8, 4) is 11.5 Å². The SMILES string of the molecule is CC1(C)Oc2ccc(NC(=O)OCCO)cc2O1. The maximum Gasteiger partial charge on any atom is 0.411 e. The highest BCUT2D eigenvalue weighted by Gasteiger charge is 2.31. The second kappa shape index (κ2) is 4.73. The van der Waals surface area contributed by atoms with E-state index in [2.05, 4.69) is 10.1 Å². The molecule has 1 aliphatic heterocycles. The zero-order valence-electron chi connectivity index (χ0n) is 10.2. The molecule has 0 saturated heterocycles. The van der Waals surface area contributed by atoms with Crippen LogP contribution in [0.1, 0.15) is 13.8 Å². The molecule has 0 fully saturated rings. The minimum absolute atomic E-state index is 0.0383. The van der Waals surface area contributed by atoms with Crippen molar-refractivity contribution in [1.29, 1.82) is 0 Å². The minimum Gasteiger partial charge on any atom is -0.449 e. The Morgan fingerprint density at radius 2 is 2.11 bits per heavy atom. The average Bonchev–Trinajstić information content (AvgIpc) is 2.59. The molecule has 0 bridgehead atoms. The molecule has 1 aromatic carbocycles. The van der Waals surface area contributed by atoms with Crippen LogP contribution >= 0.6 is 0 Å². The van der Waals surface area contributed by atoms with Crippen LogP contribution < -0.4 is 14.8 Å². The molecule has 1 aromatic rings. The lowest BCUT2D eigenvalue weighted by Crippen LogP contribution is -2.29. The molecule has 6 nitrogen and oxygen atoms in total. The molecule has 0 unspecified atom stereocenters. The number of ether oxygens (including phenoxy) is 3. The van der Waals surface area contributed by atoms with Crippen LogP contribution in [0.4, 0.5) is 10.5 Å². The second-order valence-corrected chi connectivity index (χ2v) is 4.25. The molecule has 2 N–H and O–H groups in total. The zero-order chi connectivity index (χ0) is 13.2. The Morgan fingerprint density at radius 3 is 2.83 bits per heavy atom. The second-order valence-electron chi connectivity index (χ2n) is 4.25. The van der Waals surface area contributed by atoms with E-state index in [4.69, 9.17) is 14.6 Å². The molecule has 98 valence electrons. The van der Waals surface area contributed by atoms with E-state index in [1.54, 1.807) is 32.0 Å². The Hall–Kier alpha value is -1.95. The van der Waals surface area contributed by atoms with Gasteiger partial charge in [0.25, 0.3) is 0 Å². The van der Waals surface area contributed by atoms with Gasteiger partial charge in [-0.25, -0.2) is 4.79 Å². The summed E-state index contributed by atoms with van der Waals surface area (Å²) in [6.45, 7) is 3.36. The Morgan fingerprint density at radius 1 is 1.39 bits per heavy atom. The summed E-state index contributed by atoms with van der Waals surface area (Å²) in [5, 5.41) is 11.1. The lowest BCUT2D eigenvalue weighted by Gasteiger charge is -2.16. The molecule has 0 aromatic heterocycles. The summed E-state index contributed by atoms with van der Waals surface area (Å²) >= 11 is 0. The normalized spacial score (nSPS) is 15.3. The highest BCUT2D eigenvalue weighted by molar-refractivity contribution is 5.85. The van der Waals surface area contributed by atoms with Crippen molar-refractivity contribution in [3.63, 3.8) is 0 Å². The third-order valence-electron chi connectivity index (χ3n) is 2.23. The van der Waals surface area contributed by atoms with Crippen LogP contribution in [0.3, 0.4) is 0 Å². The zero-order valence-corrected chi connectivity index (χ0v) is 10.2. The Balaban J connectivity index is 2.03. The van der Waals surface area contributed by atoms with Gasteiger partial charge in [0.15, 0.2) is 11.5 Å². The summed E-state index contributed by atoms with van der Waals surface area (Å²) in [5.41, 5.74) is 0.540. The first-order valence-corrected chi connectivity index (χ1v) is 5.57. The molecule has 1 heterocycles. The van der Waals surface area contributed by atoms with Crippen LogP contribution in [-0.4, -0.2) is 30.2 Å². The van der Waals surface area contributed by atoms with E-state index in [-0.39, 0.29) is 13.2 Å². The summed E-state index contributed by atoms with van der Waals surface area (Å²) in [6.07, 6.45) is -0.623. The van der Waals surface area contributed by atoms with Gasteiger partial charge >= 0.3 is 6.09 Å². The molecule has 0 aliphatic carbocycles. The van der Waals surface area contributed by atoms with E-state index in [1.165, 1.54) is 0 Å². The number of hydrogen-bond donors (Lipinski definition) is 2. The van der Waals surface area contributed by atoms with Crippen LogP contribution in [0.15, 0.2) is 18.2 Å². The first kappa shape index (κ1) is 12.5. The van der Waals surface area contributed by atoms with Crippen molar-refractivity contribution in [1.82, 2.24) is 0 Å². The summed E-state index contributed by atoms with van der Waals surface area (Å²) in [6, 6.07) is 5.06. The van der Waals surface area contributed by atoms with E-state index in [0.717, 1.165) is 0 Å². The molecule has 6 heteroatoms. The van der Waals surface area contributed by atoms with Crippen molar-refractivity contribution < 1.29 is 24.1 Å². The Bertz CT molecular complexity index is 458. The Kier molecular flexibility index (Phi) is 3.29. The van der Waals surface area contributed by atoms with Crippen LogP contribution in [0.25, 0.3) is 0 Å². The third kappa shape index (κ3) is 2.84. The average molecular weight is 253 g/mol. The largest absolute Gasteiger partial charge is 0.449 e. The minimum atomic E-state index is -0.696. The number of anilines is 1. The predicted octanol–water partition coefficient (Wildman–Crippen LogP) is 1.73. The third-order valence-corrected chi connectivity index (χ3v) is 2.23. The van der Waals surface area contributed by atoms with Crippen LogP contribution in [0, 0.1) is 0 Å². The molecular formula is C12H15NO5. The van der Waals surface area contributed by atoms with E-state index < -0.39 is 11.9 Å².